The Labute approximate surface area is 194 Å². The fourth-order valence-corrected chi connectivity index (χ4v) is 4.52. The van der Waals surface area contributed by atoms with Crippen LogP contribution >= 0.6 is 22.9 Å². The van der Waals surface area contributed by atoms with E-state index >= 15 is 0 Å². The van der Waals surface area contributed by atoms with Crippen LogP contribution in [0, 0.1) is 6.92 Å². The zero-order chi connectivity index (χ0) is 22.7. The highest BCUT2D eigenvalue weighted by atomic mass is 35.5. The number of imidazole rings is 1. The van der Waals surface area contributed by atoms with Crippen molar-refractivity contribution in [2.45, 2.75) is 20.1 Å². The predicted molar refractivity (Wildman–Crippen MR) is 123 cm³/mol. The number of ether oxygens (including phenoxy) is 2. The largest absolute Gasteiger partial charge is 0.377 e. The number of thiophene rings is 1. The zero-order valence-corrected chi connectivity index (χ0v) is 19.3. The highest BCUT2D eigenvalue weighted by Gasteiger charge is 2.21. The number of halogens is 1. The molecule has 4 rings (SSSR count). The van der Waals surface area contributed by atoms with Gasteiger partial charge in [-0.15, -0.1) is 11.3 Å². The molecule has 0 spiro atoms. The first kappa shape index (κ1) is 22.5. The van der Waals surface area contributed by atoms with Gasteiger partial charge in [-0.25, -0.2) is 4.98 Å². The first-order chi connectivity index (χ1) is 15.5. The van der Waals surface area contributed by atoms with Crippen molar-refractivity contribution in [2.75, 3.05) is 31.8 Å². The van der Waals surface area contributed by atoms with Crippen molar-refractivity contribution in [1.29, 1.82) is 0 Å². The van der Waals surface area contributed by atoms with E-state index in [0.717, 1.165) is 16.9 Å². The topological polar surface area (TPSA) is 85.7 Å². The summed E-state index contributed by atoms with van der Waals surface area (Å²) < 4.78 is 13.1. The molecule has 1 aromatic carbocycles. The van der Waals surface area contributed by atoms with Gasteiger partial charge in [0.15, 0.2) is 0 Å². The van der Waals surface area contributed by atoms with E-state index in [-0.39, 0.29) is 25.0 Å². The maximum atomic E-state index is 12.3. The average molecular weight is 475 g/mol. The molecule has 1 aliphatic rings. The van der Waals surface area contributed by atoms with Gasteiger partial charge in [0.25, 0.3) is 11.8 Å². The third-order valence-corrected chi connectivity index (χ3v) is 6.30. The lowest BCUT2D eigenvalue weighted by Crippen LogP contribution is -2.41. The number of hydrogen-bond acceptors (Lipinski definition) is 6. The molecule has 0 saturated carbocycles. The van der Waals surface area contributed by atoms with E-state index in [1.165, 1.54) is 11.3 Å². The summed E-state index contributed by atoms with van der Waals surface area (Å²) in [5.74, 6) is 0.478. The van der Waals surface area contributed by atoms with Crippen LogP contribution in [0.3, 0.4) is 0 Å². The number of anilines is 1. The number of nitrogens with zero attached hydrogens (tertiary/aromatic N) is 3. The maximum absolute atomic E-state index is 12.3. The molecule has 168 valence electrons. The Bertz CT molecular complexity index is 1140. The summed E-state index contributed by atoms with van der Waals surface area (Å²) in [6.07, 6.45) is 1.89. The standard InChI is InChI=1S/C22H23ClN4O4S/c1-14-9-16(26-7-8-31-13-21(26)28)3-4-17(14)27-11-15(25-20(27)12-30-2)10-24-22(29)18-5-6-19(23)32-18/h3-6,9,11H,7-8,10,12-13H2,1-2H3,(H,24,29). The van der Waals surface area contributed by atoms with Crippen molar-refractivity contribution in [2.24, 2.45) is 0 Å². The molecule has 1 N–H and O–H groups in total. The van der Waals surface area contributed by atoms with Crippen molar-refractivity contribution in [3.05, 3.63) is 62.8 Å². The minimum absolute atomic E-state index is 0.0452. The third-order valence-electron chi connectivity index (χ3n) is 5.07. The Kier molecular flexibility index (Phi) is 6.90. The fraction of sp³-hybridized carbons (Fsp3) is 0.318. The Morgan fingerprint density at radius 2 is 2.19 bits per heavy atom. The van der Waals surface area contributed by atoms with E-state index in [1.54, 1.807) is 24.1 Å². The van der Waals surface area contributed by atoms with Crippen molar-refractivity contribution in [1.82, 2.24) is 14.9 Å². The Hall–Kier alpha value is -2.72. The summed E-state index contributed by atoms with van der Waals surface area (Å²) in [5, 5.41) is 2.87. The van der Waals surface area contributed by atoms with Crippen LogP contribution in [0.15, 0.2) is 36.5 Å². The van der Waals surface area contributed by atoms with Crippen LogP contribution < -0.4 is 10.2 Å². The van der Waals surface area contributed by atoms with Crippen LogP contribution in [-0.4, -0.2) is 48.2 Å². The molecule has 10 heteroatoms. The normalized spacial score (nSPS) is 14.1. The molecule has 0 bridgehead atoms. The highest BCUT2D eigenvalue weighted by Crippen LogP contribution is 2.25. The molecule has 1 saturated heterocycles. The van der Waals surface area contributed by atoms with Crippen molar-refractivity contribution < 1.29 is 19.1 Å². The molecule has 3 heterocycles. The van der Waals surface area contributed by atoms with Crippen LogP contribution in [0.25, 0.3) is 5.69 Å². The number of nitrogens with one attached hydrogen (secondary N) is 1. The summed E-state index contributed by atoms with van der Waals surface area (Å²) in [5.41, 5.74) is 3.46. The molecule has 2 aromatic heterocycles. The number of aromatic nitrogens is 2. The fourth-order valence-electron chi connectivity index (χ4n) is 3.56. The Balaban J connectivity index is 1.55. The van der Waals surface area contributed by atoms with E-state index in [9.17, 15) is 9.59 Å². The number of morpholine rings is 1. The number of carbonyl (C=O) groups excluding carboxylic acids is 2. The molecule has 1 aliphatic heterocycles. The first-order valence-electron chi connectivity index (χ1n) is 10.0. The molecule has 0 radical (unpaired) electrons. The van der Waals surface area contributed by atoms with E-state index in [0.29, 0.717) is 40.5 Å². The summed E-state index contributed by atoms with van der Waals surface area (Å²) >= 11 is 7.14. The summed E-state index contributed by atoms with van der Waals surface area (Å²) in [6.45, 7) is 3.75. The predicted octanol–water partition coefficient (Wildman–Crippen LogP) is 3.34. The van der Waals surface area contributed by atoms with E-state index in [1.807, 2.05) is 35.9 Å². The first-order valence-corrected chi connectivity index (χ1v) is 11.2. The van der Waals surface area contributed by atoms with Crippen molar-refractivity contribution in [3.63, 3.8) is 0 Å². The molecule has 0 aliphatic carbocycles. The SMILES string of the molecule is COCc1nc(CNC(=O)c2ccc(Cl)s2)cn1-c1ccc(N2CCOCC2=O)cc1C. The van der Waals surface area contributed by atoms with Crippen LogP contribution in [0.2, 0.25) is 4.34 Å². The smallest absolute Gasteiger partial charge is 0.261 e. The molecule has 1 fully saturated rings. The Morgan fingerprint density at radius 1 is 1.34 bits per heavy atom. The van der Waals surface area contributed by atoms with Crippen molar-refractivity contribution >= 4 is 40.4 Å². The van der Waals surface area contributed by atoms with Gasteiger partial charge in [-0.3, -0.25) is 9.59 Å². The average Bonchev–Trinajstić information content (AvgIpc) is 3.39. The van der Waals surface area contributed by atoms with Gasteiger partial charge in [0.2, 0.25) is 0 Å². The molecular formula is C22H23ClN4O4S. The second-order valence-corrected chi connectivity index (χ2v) is 9.02. The number of aryl methyl sites for hydroxylation is 1. The van der Waals surface area contributed by atoms with Gasteiger partial charge in [0, 0.05) is 31.2 Å². The lowest BCUT2D eigenvalue weighted by atomic mass is 10.1. The van der Waals surface area contributed by atoms with Crippen molar-refractivity contribution in [3.8, 4) is 5.69 Å². The van der Waals surface area contributed by atoms with Gasteiger partial charge in [0.05, 0.1) is 28.1 Å². The number of amides is 2. The summed E-state index contributed by atoms with van der Waals surface area (Å²) in [7, 11) is 1.61. The van der Waals surface area contributed by atoms with Crippen LogP contribution in [0.4, 0.5) is 5.69 Å². The van der Waals surface area contributed by atoms with E-state index in [2.05, 4.69) is 10.3 Å². The van der Waals surface area contributed by atoms with Crippen LogP contribution in [0.1, 0.15) is 26.8 Å². The molecule has 2 amide bonds. The van der Waals surface area contributed by atoms with E-state index < -0.39 is 0 Å². The second kappa shape index (κ2) is 9.83. The molecule has 0 unspecified atom stereocenters. The quantitative estimate of drug-likeness (QED) is 0.567. The minimum atomic E-state index is -0.194. The van der Waals surface area contributed by atoms with Crippen LogP contribution in [-0.2, 0) is 27.4 Å². The maximum Gasteiger partial charge on any atom is 0.261 e. The zero-order valence-electron chi connectivity index (χ0n) is 17.8. The molecular weight excluding hydrogens is 452 g/mol. The number of benzene rings is 1. The molecule has 0 atom stereocenters. The highest BCUT2D eigenvalue weighted by molar-refractivity contribution is 7.17. The lowest BCUT2D eigenvalue weighted by molar-refractivity contribution is -0.125. The van der Waals surface area contributed by atoms with Gasteiger partial charge in [-0.1, -0.05) is 11.6 Å². The van der Waals surface area contributed by atoms with Gasteiger partial charge in [0.1, 0.15) is 19.0 Å². The van der Waals surface area contributed by atoms with Crippen LogP contribution in [0.5, 0.6) is 0 Å². The van der Waals surface area contributed by atoms with Gasteiger partial charge in [-0.05, 0) is 42.8 Å². The third kappa shape index (κ3) is 4.86. The monoisotopic (exact) mass is 474 g/mol. The lowest BCUT2D eigenvalue weighted by Gasteiger charge is -2.27. The second-order valence-electron chi connectivity index (χ2n) is 7.31. The molecule has 3 aromatic rings. The Morgan fingerprint density at radius 3 is 2.88 bits per heavy atom. The number of carbonyl (C=O) groups is 2. The molecule has 8 nitrogen and oxygen atoms in total. The molecule has 32 heavy (non-hydrogen) atoms. The minimum Gasteiger partial charge on any atom is -0.377 e. The van der Waals surface area contributed by atoms with Gasteiger partial charge < -0.3 is 24.3 Å². The number of hydrogen-bond donors (Lipinski definition) is 1. The van der Waals surface area contributed by atoms with Gasteiger partial charge >= 0.3 is 0 Å². The van der Waals surface area contributed by atoms with Gasteiger partial charge in [-0.2, -0.15) is 0 Å². The van der Waals surface area contributed by atoms with E-state index in [4.69, 9.17) is 21.1 Å². The summed E-state index contributed by atoms with van der Waals surface area (Å²) in [4.78, 5) is 31.4. The summed E-state index contributed by atoms with van der Waals surface area (Å²) in [6, 6.07) is 9.26. The number of rotatable bonds is 7. The number of methoxy groups -OCH3 is 1.